The number of carbonyl (C=O) groups excluding carboxylic acids is 1. The van der Waals surface area contributed by atoms with Gasteiger partial charge in [-0.1, -0.05) is 27.5 Å². The van der Waals surface area contributed by atoms with Crippen molar-refractivity contribution >= 4 is 33.3 Å². The zero-order valence-corrected chi connectivity index (χ0v) is 12.6. The molecule has 0 aromatic heterocycles. The molecule has 0 bridgehead atoms. The molecule has 0 atom stereocenters. The number of halogens is 3. The number of hydrogen-bond donors (Lipinski definition) is 0. The molecule has 102 valence electrons. The van der Waals surface area contributed by atoms with Gasteiger partial charge in [0.25, 0.3) is 0 Å². The fraction of sp³-hybridized carbons (Fsp3) is 0.133. The summed E-state index contributed by atoms with van der Waals surface area (Å²) in [5.41, 5.74) is 1.67. The van der Waals surface area contributed by atoms with Crippen molar-refractivity contribution < 1.29 is 13.9 Å². The molecule has 0 unspecified atom stereocenters. The van der Waals surface area contributed by atoms with E-state index < -0.39 is 5.82 Å². The SMILES string of the molecule is O=C(c1ccc(Cl)c(F)c1)c1cc(Br)cc2c1OCC2. The van der Waals surface area contributed by atoms with Gasteiger partial charge in [-0.05, 0) is 35.9 Å². The first-order valence-corrected chi connectivity index (χ1v) is 7.18. The van der Waals surface area contributed by atoms with Crippen LogP contribution in [0.2, 0.25) is 5.02 Å². The van der Waals surface area contributed by atoms with E-state index in [1.54, 1.807) is 6.07 Å². The average molecular weight is 356 g/mol. The van der Waals surface area contributed by atoms with E-state index in [1.807, 2.05) is 6.07 Å². The van der Waals surface area contributed by atoms with Crippen LogP contribution in [0.15, 0.2) is 34.8 Å². The normalized spacial score (nSPS) is 12.9. The zero-order chi connectivity index (χ0) is 14.3. The van der Waals surface area contributed by atoms with E-state index in [9.17, 15) is 9.18 Å². The van der Waals surface area contributed by atoms with E-state index in [1.165, 1.54) is 12.1 Å². The van der Waals surface area contributed by atoms with E-state index in [0.29, 0.717) is 17.9 Å². The van der Waals surface area contributed by atoms with Crippen molar-refractivity contribution in [2.24, 2.45) is 0 Å². The summed E-state index contributed by atoms with van der Waals surface area (Å²) in [5.74, 6) is -0.293. The Morgan fingerprint density at radius 1 is 1.30 bits per heavy atom. The smallest absolute Gasteiger partial charge is 0.196 e. The third-order valence-electron chi connectivity index (χ3n) is 3.17. The van der Waals surface area contributed by atoms with Crippen LogP contribution in [-0.2, 0) is 6.42 Å². The summed E-state index contributed by atoms with van der Waals surface area (Å²) in [6.07, 6.45) is 0.768. The van der Waals surface area contributed by atoms with Crippen LogP contribution in [0.3, 0.4) is 0 Å². The Balaban J connectivity index is 2.09. The summed E-state index contributed by atoms with van der Waals surface area (Å²) >= 11 is 9.01. The van der Waals surface area contributed by atoms with Gasteiger partial charge in [-0.25, -0.2) is 4.39 Å². The topological polar surface area (TPSA) is 26.3 Å². The summed E-state index contributed by atoms with van der Waals surface area (Å²) in [6.45, 7) is 0.557. The predicted octanol–water partition coefficient (Wildman–Crippen LogP) is 4.41. The minimum absolute atomic E-state index is 0.00253. The van der Waals surface area contributed by atoms with Gasteiger partial charge in [-0.3, -0.25) is 4.79 Å². The summed E-state index contributed by atoms with van der Waals surface area (Å²) in [5, 5.41) is -0.00253. The van der Waals surface area contributed by atoms with Crippen LogP contribution in [0.4, 0.5) is 4.39 Å². The molecule has 0 amide bonds. The highest BCUT2D eigenvalue weighted by Crippen LogP contribution is 2.34. The molecule has 2 aromatic rings. The van der Waals surface area contributed by atoms with Gasteiger partial charge in [0.2, 0.25) is 0 Å². The lowest BCUT2D eigenvalue weighted by molar-refractivity contribution is 0.103. The first-order valence-electron chi connectivity index (χ1n) is 6.01. The van der Waals surface area contributed by atoms with Crippen molar-refractivity contribution in [1.82, 2.24) is 0 Å². The van der Waals surface area contributed by atoms with Crippen LogP contribution in [0.25, 0.3) is 0 Å². The Morgan fingerprint density at radius 2 is 2.10 bits per heavy atom. The number of hydrogen-bond acceptors (Lipinski definition) is 2. The summed E-state index contributed by atoms with van der Waals surface area (Å²) in [6, 6.07) is 7.66. The van der Waals surface area contributed by atoms with Crippen molar-refractivity contribution in [2.45, 2.75) is 6.42 Å². The van der Waals surface area contributed by atoms with Crippen LogP contribution in [0, 0.1) is 5.82 Å². The fourth-order valence-corrected chi connectivity index (χ4v) is 2.85. The minimum Gasteiger partial charge on any atom is -0.492 e. The maximum Gasteiger partial charge on any atom is 0.196 e. The molecule has 2 nitrogen and oxygen atoms in total. The third kappa shape index (κ3) is 2.34. The zero-order valence-electron chi connectivity index (χ0n) is 10.3. The Morgan fingerprint density at radius 3 is 2.85 bits per heavy atom. The predicted molar refractivity (Wildman–Crippen MR) is 78.2 cm³/mol. The summed E-state index contributed by atoms with van der Waals surface area (Å²) < 4.78 is 19.8. The third-order valence-corrected chi connectivity index (χ3v) is 3.94. The van der Waals surface area contributed by atoms with Gasteiger partial charge in [0, 0.05) is 16.5 Å². The fourth-order valence-electron chi connectivity index (χ4n) is 2.23. The van der Waals surface area contributed by atoms with Gasteiger partial charge in [0.1, 0.15) is 11.6 Å². The molecule has 0 aliphatic carbocycles. The number of fused-ring (bicyclic) bond motifs is 1. The van der Waals surface area contributed by atoms with E-state index in [-0.39, 0.29) is 16.4 Å². The molecule has 1 aliphatic rings. The van der Waals surface area contributed by atoms with Crippen LogP contribution >= 0.6 is 27.5 Å². The van der Waals surface area contributed by atoms with E-state index in [4.69, 9.17) is 16.3 Å². The monoisotopic (exact) mass is 354 g/mol. The van der Waals surface area contributed by atoms with E-state index in [0.717, 1.165) is 22.5 Å². The molecule has 5 heteroatoms. The molecule has 1 aliphatic heterocycles. The minimum atomic E-state index is -0.606. The Kier molecular flexibility index (Phi) is 3.52. The van der Waals surface area contributed by atoms with Crippen LogP contribution in [-0.4, -0.2) is 12.4 Å². The highest BCUT2D eigenvalue weighted by Gasteiger charge is 2.23. The molecule has 2 aromatic carbocycles. The molecule has 0 fully saturated rings. The van der Waals surface area contributed by atoms with Crippen molar-refractivity contribution in [1.29, 1.82) is 0 Å². The van der Waals surface area contributed by atoms with Gasteiger partial charge >= 0.3 is 0 Å². The first-order chi connectivity index (χ1) is 9.56. The molecule has 20 heavy (non-hydrogen) atoms. The molecule has 0 radical (unpaired) electrons. The van der Waals surface area contributed by atoms with Crippen molar-refractivity contribution in [3.05, 3.63) is 62.3 Å². The van der Waals surface area contributed by atoms with Crippen molar-refractivity contribution in [2.75, 3.05) is 6.61 Å². The summed E-state index contributed by atoms with van der Waals surface area (Å²) in [4.78, 5) is 12.5. The molecule has 0 spiro atoms. The number of ether oxygens (including phenoxy) is 1. The van der Waals surface area contributed by atoms with Crippen LogP contribution in [0.1, 0.15) is 21.5 Å². The first kappa shape index (κ1) is 13.6. The number of rotatable bonds is 2. The lowest BCUT2D eigenvalue weighted by atomic mass is 10.00. The lowest BCUT2D eigenvalue weighted by Crippen LogP contribution is -2.04. The molecule has 3 rings (SSSR count). The van der Waals surface area contributed by atoms with Gasteiger partial charge < -0.3 is 4.74 Å². The van der Waals surface area contributed by atoms with Crippen LogP contribution in [0.5, 0.6) is 5.75 Å². The second-order valence-electron chi connectivity index (χ2n) is 4.50. The second kappa shape index (κ2) is 5.19. The molecular weight excluding hydrogens is 347 g/mol. The Labute approximate surface area is 128 Å². The van der Waals surface area contributed by atoms with Gasteiger partial charge in [-0.2, -0.15) is 0 Å². The number of benzene rings is 2. The standard InChI is InChI=1S/C15H9BrClFO2/c16-10-5-9-3-4-20-15(9)11(7-10)14(19)8-1-2-12(17)13(18)6-8/h1-2,5-7H,3-4H2. The quantitative estimate of drug-likeness (QED) is 0.746. The van der Waals surface area contributed by atoms with Gasteiger partial charge in [-0.15, -0.1) is 0 Å². The number of ketones is 1. The lowest BCUT2D eigenvalue weighted by Gasteiger charge is -2.08. The molecular formula is C15H9BrClFO2. The van der Waals surface area contributed by atoms with Crippen molar-refractivity contribution in [3.63, 3.8) is 0 Å². The number of carbonyl (C=O) groups is 1. The van der Waals surface area contributed by atoms with E-state index in [2.05, 4.69) is 15.9 Å². The molecule has 1 heterocycles. The highest BCUT2D eigenvalue weighted by atomic mass is 79.9. The van der Waals surface area contributed by atoms with Crippen molar-refractivity contribution in [3.8, 4) is 5.75 Å². The highest BCUT2D eigenvalue weighted by molar-refractivity contribution is 9.10. The summed E-state index contributed by atoms with van der Waals surface area (Å²) in [7, 11) is 0. The molecule has 0 saturated heterocycles. The molecule has 0 N–H and O–H groups in total. The average Bonchev–Trinajstić information content (AvgIpc) is 2.88. The van der Waals surface area contributed by atoms with E-state index >= 15 is 0 Å². The Bertz CT molecular complexity index is 715. The maximum absolute atomic E-state index is 13.5. The van der Waals surface area contributed by atoms with Crippen LogP contribution < -0.4 is 4.74 Å². The van der Waals surface area contributed by atoms with Gasteiger partial charge in [0.15, 0.2) is 5.78 Å². The second-order valence-corrected chi connectivity index (χ2v) is 5.82. The maximum atomic E-state index is 13.5. The largest absolute Gasteiger partial charge is 0.492 e. The van der Waals surface area contributed by atoms with Gasteiger partial charge in [0.05, 0.1) is 17.2 Å². The Hall–Kier alpha value is -1.39. The molecule has 0 saturated carbocycles.